The van der Waals surface area contributed by atoms with Gasteiger partial charge < -0.3 is 19.3 Å². The van der Waals surface area contributed by atoms with Crippen LogP contribution in [-0.2, 0) is 0 Å². The minimum atomic E-state index is 0.0272. The van der Waals surface area contributed by atoms with E-state index in [1.54, 1.807) is 14.2 Å². The van der Waals surface area contributed by atoms with Gasteiger partial charge in [0.1, 0.15) is 11.5 Å². The van der Waals surface area contributed by atoms with Crippen LogP contribution in [0.1, 0.15) is 16.1 Å². The van der Waals surface area contributed by atoms with Crippen molar-refractivity contribution in [3.8, 4) is 11.5 Å². The van der Waals surface area contributed by atoms with Gasteiger partial charge in [-0.1, -0.05) is 12.1 Å². The molecule has 0 unspecified atom stereocenters. The first-order valence-electron chi connectivity index (χ1n) is 9.73. The van der Waals surface area contributed by atoms with Crippen molar-refractivity contribution in [3.05, 3.63) is 59.8 Å². The van der Waals surface area contributed by atoms with Crippen LogP contribution < -0.4 is 14.4 Å². The molecular formula is C23H25N3O3. The summed E-state index contributed by atoms with van der Waals surface area (Å²) in [7, 11) is 3.32. The zero-order chi connectivity index (χ0) is 20.4. The minimum Gasteiger partial charge on any atom is -0.497 e. The van der Waals surface area contributed by atoms with Crippen LogP contribution in [0.3, 0.4) is 0 Å². The predicted octanol–water partition coefficient (Wildman–Crippen LogP) is 3.52. The van der Waals surface area contributed by atoms with Crippen LogP contribution in [0.2, 0.25) is 0 Å². The zero-order valence-corrected chi connectivity index (χ0v) is 17.0. The van der Waals surface area contributed by atoms with Crippen molar-refractivity contribution in [1.29, 1.82) is 0 Å². The topological polar surface area (TPSA) is 54.9 Å². The fourth-order valence-electron chi connectivity index (χ4n) is 3.81. The second kappa shape index (κ2) is 7.99. The van der Waals surface area contributed by atoms with Crippen LogP contribution in [0.15, 0.2) is 48.5 Å². The molecule has 6 nitrogen and oxygen atoms in total. The van der Waals surface area contributed by atoms with Crippen molar-refractivity contribution in [2.24, 2.45) is 0 Å². The lowest BCUT2D eigenvalue weighted by atomic mass is 10.1. The largest absolute Gasteiger partial charge is 0.497 e. The fourth-order valence-corrected chi connectivity index (χ4v) is 3.81. The number of hydrogen-bond acceptors (Lipinski definition) is 5. The highest BCUT2D eigenvalue weighted by Crippen LogP contribution is 2.29. The lowest BCUT2D eigenvalue weighted by Gasteiger charge is -2.36. The number of carbonyl (C=O) groups excluding carboxylic acids is 1. The van der Waals surface area contributed by atoms with Gasteiger partial charge in [0, 0.05) is 31.6 Å². The number of methoxy groups -OCH3 is 2. The average Bonchev–Trinajstić information content (AvgIpc) is 2.78. The molecule has 1 amide bonds. The van der Waals surface area contributed by atoms with E-state index in [1.165, 1.54) is 0 Å². The summed E-state index contributed by atoms with van der Waals surface area (Å²) in [6.07, 6.45) is 0. The van der Waals surface area contributed by atoms with Crippen molar-refractivity contribution in [1.82, 2.24) is 9.88 Å². The van der Waals surface area contributed by atoms with Gasteiger partial charge in [0.25, 0.3) is 5.91 Å². The Bertz CT molecular complexity index is 1040. The quantitative estimate of drug-likeness (QED) is 0.681. The number of amides is 1. The van der Waals surface area contributed by atoms with Gasteiger partial charge in [0.05, 0.1) is 36.7 Å². The molecular weight excluding hydrogens is 366 g/mol. The summed E-state index contributed by atoms with van der Waals surface area (Å²) in [6.45, 7) is 4.74. The lowest BCUT2D eigenvalue weighted by molar-refractivity contribution is 0.0745. The molecule has 0 spiro atoms. The molecule has 3 aromatic rings. The molecule has 2 heterocycles. The summed E-state index contributed by atoms with van der Waals surface area (Å²) in [4.78, 5) is 22.0. The van der Waals surface area contributed by atoms with Crippen molar-refractivity contribution in [2.75, 3.05) is 45.3 Å². The molecule has 0 bridgehead atoms. The fraction of sp³-hybridized carbons (Fsp3) is 0.304. The summed E-state index contributed by atoms with van der Waals surface area (Å²) in [6, 6.07) is 15.6. The van der Waals surface area contributed by atoms with Gasteiger partial charge in [-0.2, -0.15) is 0 Å². The highest BCUT2D eigenvalue weighted by atomic mass is 16.5. The van der Waals surface area contributed by atoms with E-state index < -0.39 is 0 Å². The monoisotopic (exact) mass is 391 g/mol. The highest BCUT2D eigenvalue weighted by molar-refractivity contribution is 5.99. The second-order valence-corrected chi connectivity index (χ2v) is 7.13. The predicted molar refractivity (Wildman–Crippen MR) is 114 cm³/mol. The Kier molecular flexibility index (Phi) is 5.25. The van der Waals surface area contributed by atoms with E-state index in [4.69, 9.17) is 9.47 Å². The van der Waals surface area contributed by atoms with Crippen molar-refractivity contribution in [2.45, 2.75) is 6.92 Å². The van der Waals surface area contributed by atoms with Gasteiger partial charge in [0.2, 0.25) is 0 Å². The number of piperazine rings is 1. The van der Waals surface area contributed by atoms with Crippen molar-refractivity contribution in [3.63, 3.8) is 0 Å². The van der Waals surface area contributed by atoms with E-state index in [-0.39, 0.29) is 5.91 Å². The molecule has 0 N–H and O–H groups in total. The summed E-state index contributed by atoms with van der Waals surface area (Å²) in [5.41, 5.74) is 3.33. The number of nitrogens with zero attached hydrogens (tertiary/aromatic N) is 3. The van der Waals surface area contributed by atoms with Crippen LogP contribution in [0, 0.1) is 6.92 Å². The molecule has 1 aromatic heterocycles. The maximum atomic E-state index is 13.2. The lowest BCUT2D eigenvalue weighted by Crippen LogP contribution is -2.49. The smallest absolute Gasteiger partial charge is 0.255 e. The minimum absolute atomic E-state index is 0.0272. The highest BCUT2D eigenvalue weighted by Gasteiger charge is 2.25. The van der Waals surface area contributed by atoms with Gasteiger partial charge in [-0.15, -0.1) is 0 Å². The SMILES string of the molecule is COc1ccc2nc(C)c(C(=O)N3CCN(c4ccccc4OC)CC3)cc2c1. The Labute approximate surface area is 170 Å². The van der Waals surface area contributed by atoms with Gasteiger partial charge in [-0.25, -0.2) is 0 Å². The molecule has 1 aliphatic rings. The Hall–Kier alpha value is -3.28. The number of para-hydroxylation sites is 2. The van der Waals surface area contributed by atoms with Crippen LogP contribution >= 0.6 is 0 Å². The normalized spacial score (nSPS) is 14.2. The maximum Gasteiger partial charge on any atom is 0.255 e. The number of ether oxygens (including phenoxy) is 2. The molecule has 0 atom stereocenters. The molecule has 0 saturated carbocycles. The number of pyridine rings is 1. The third-order valence-corrected chi connectivity index (χ3v) is 5.44. The first-order valence-corrected chi connectivity index (χ1v) is 9.73. The number of anilines is 1. The van der Waals surface area contributed by atoms with Gasteiger partial charge >= 0.3 is 0 Å². The van der Waals surface area contributed by atoms with Gasteiger partial charge in [-0.3, -0.25) is 9.78 Å². The standard InChI is InChI=1S/C23H25N3O3/c1-16-19(15-17-14-18(28-2)8-9-20(17)24-16)23(27)26-12-10-25(11-13-26)21-6-4-5-7-22(21)29-3/h4-9,14-15H,10-13H2,1-3H3. The third kappa shape index (κ3) is 3.70. The van der Waals surface area contributed by atoms with Gasteiger partial charge in [-0.05, 0) is 43.3 Å². The van der Waals surface area contributed by atoms with Crippen LogP contribution in [0.4, 0.5) is 5.69 Å². The molecule has 150 valence electrons. The van der Waals surface area contributed by atoms with E-state index in [0.29, 0.717) is 18.7 Å². The number of hydrogen-bond donors (Lipinski definition) is 0. The number of carbonyl (C=O) groups is 1. The molecule has 4 rings (SSSR count). The van der Waals surface area contributed by atoms with Gasteiger partial charge in [0.15, 0.2) is 0 Å². The number of fused-ring (bicyclic) bond motifs is 1. The molecule has 0 aliphatic carbocycles. The average molecular weight is 391 g/mol. The Morgan fingerprint density at radius 3 is 2.45 bits per heavy atom. The first-order chi connectivity index (χ1) is 14.1. The number of aromatic nitrogens is 1. The second-order valence-electron chi connectivity index (χ2n) is 7.13. The zero-order valence-electron chi connectivity index (χ0n) is 17.0. The summed E-state index contributed by atoms with van der Waals surface area (Å²) >= 11 is 0. The summed E-state index contributed by atoms with van der Waals surface area (Å²) in [5.74, 6) is 1.64. The van der Waals surface area contributed by atoms with Crippen LogP contribution in [-0.4, -0.2) is 56.2 Å². The van der Waals surface area contributed by atoms with Crippen LogP contribution in [0.25, 0.3) is 10.9 Å². The molecule has 29 heavy (non-hydrogen) atoms. The molecule has 1 fully saturated rings. The van der Waals surface area contributed by atoms with Crippen molar-refractivity contribution >= 4 is 22.5 Å². The van der Waals surface area contributed by atoms with E-state index in [9.17, 15) is 4.79 Å². The number of aryl methyl sites for hydroxylation is 1. The Morgan fingerprint density at radius 1 is 0.966 bits per heavy atom. The molecule has 1 saturated heterocycles. The van der Waals surface area contributed by atoms with Crippen LogP contribution in [0.5, 0.6) is 11.5 Å². The number of rotatable bonds is 4. The third-order valence-electron chi connectivity index (χ3n) is 5.44. The van der Waals surface area contributed by atoms with E-state index in [2.05, 4.69) is 16.0 Å². The summed E-state index contributed by atoms with van der Waals surface area (Å²) in [5, 5.41) is 0.908. The van der Waals surface area contributed by atoms with E-state index in [1.807, 2.05) is 54.3 Å². The Balaban J connectivity index is 1.53. The molecule has 1 aliphatic heterocycles. The maximum absolute atomic E-state index is 13.2. The van der Waals surface area contributed by atoms with E-state index >= 15 is 0 Å². The number of benzene rings is 2. The molecule has 6 heteroatoms. The Morgan fingerprint density at radius 2 is 1.72 bits per heavy atom. The summed E-state index contributed by atoms with van der Waals surface area (Å²) < 4.78 is 10.8. The first kappa shape index (κ1) is 19.1. The molecule has 2 aromatic carbocycles. The van der Waals surface area contributed by atoms with E-state index in [0.717, 1.165) is 46.9 Å². The van der Waals surface area contributed by atoms with Crippen molar-refractivity contribution < 1.29 is 14.3 Å². The molecule has 0 radical (unpaired) electrons.